The van der Waals surface area contributed by atoms with Crippen molar-refractivity contribution in [3.63, 3.8) is 0 Å². The lowest BCUT2D eigenvalue weighted by Crippen LogP contribution is -2.45. The largest absolute Gasteiger partial charge is 0.365 e. The highest BCUT2D eigenvalue weighted by Gasteiger charge is 2.41. The molecule has 0 N–H and O–H groups in total. The minimum Gasteiger partial charge on any atom is -0.365 e. The van der Waals surface area contributed by atoms with Gasteiger partial charge in [0.25, 0.3) is 0 Å². The van der Waals surface area contributed by atoms with Gasteiger partial charge in [-0.25, -0.2) is 0 Å². The number of halogens is 1. The normalized spacial score (nSPS) is 26.4. The molecule has 3 heteroatoms. The highest BCUT2D eigenvalue weighted by atomic mass is 35.5. The van der Waals surface area contributed by atoms with Crippen molar-refractivity contribution in [3.8, 4) is 12.3 Å². The molecule has 2 fully saturated rings. The first-order valence-corrected chi connectivity index (χ1v) is 9.77. The fourth-order valence-electron chi connectivity index (χ4n) is 4.51. The highest BCUT2D eigenvalue weighted by molar-refractivity contribution is 6.30. The SMILES string of the molecule is C#CCN1[C@@H]2CC[C@H]1CC(OC(c1ccccc1)c1ccc(Cl)cc1)C2. The van der Waals surface area contributed by atoms with E-state index in [1.54, 1.807) is 0 Å². The summed E-state index contributed by atoms with van der Waals surface area (Å²) in [7, 11) is 0. The molecule has 0 spiro atoms. The third-order valence-corrected chi connectivity index (χ3v) is 5.97. The van der Waals surface area contributed by atoms with Crippen LogP contribution in [0.2, 0.25) is 5.02 Å². The molecule has 0 amide bonds. The van der Waals surface area contributed by atoms with E-state index in [9.17, 15) is 0 Å². The molecule has 0 saturated carbocycles. The molecular formula is C23H24ClNO. The molecule has 2 aliphatic heterocycles. The molecule has 0 aromatic heterocycles. The number of hydrogen-bond donors (Lipinski definition) is 0. The summed E-state index contributed by atoms with van der Waals surface area (Å²) in [6.07, 6.45) is 10.4. The molecule has 2 aromatic rings. The fourth-order valence-corrected chi connectivity index (χ4v) is 4.63. The minimum absolute atomic E-state index is 0.0583. The van der Waals surface area contributed by atoms with Crippen molar-refractivity contribution in [1.82, 2.24) is 4.90 Å². The van der Waals surface area contributed by atoms with Crippen LogP contribution in [0, 0.1) is 12.3 Å². The van der Waals surface area contributed by atoms with E-state index < -0.39 is 0 Å². The molecule has 2 aromatic carbocycles. The molecule has 2 bridgehead atoms. The van der Waals surface area contributed by atoms with Crippen LogP contribution in [0.15, 0.2) is 54.6 Å². The first kappa shape index (κ1) is 17.6. The molecular weight excluding hydrogens is 342 g/mol. The Morgan fingerprint density at radius 3 is 2.23 bits per heavy atom. The third kappa shape index (κ3) is 3.67. The Balaban J connectivity index is 1.55. The number of terminal acetylenes is 1. The van der Waals surface area contributed by atoms with Gasteiger partial charge in [0.05, 0.1) is 12.6 Å². The van der Waals surface area contributed by atoms with E-state index in [2.05, 4.69) is 47.2 Å². The lowest BCUT2D eigenvalue weighted by Gasteiger charge is -2.39. The molecule has 2 heterocycles. The van der Waals surface area contributed by atoms with Crippen LogP contribution < -0.4 is 0 Å². The van der Waals surface area contributed by atoms with Crippen LogP contribution in [0.5, 0.6) is 0 Å². The number of fused-ring (bicyclic) bond motifs is 2. The van der Waals surface area contributed by atoms with E-state index in [0.717, 1.165) is 30.0 Å². The molecule has 2 unspecified atom stereocenters. The summed E-state index contributed by atoms with van der Waals surface area (Å²) in [5.74, 6) is 2.82. The van der Waals surface area contributed by atoms with E-state index in [1.165, 1.54) is 18.4 Å². The molecule has 0 aliphatic carbocycles. The quantitative estimate of drug-likeness (QED) is 0.685. The Kier molecular flexibility index (Phi) is 5.31. The van der Waals surface area contributed by atoms with Gasteiger partial charge in [-0.05, 0) is 48.9 Å². The molecule has 26 heavy (non-hydrogen) atoms. The van der Waals surface area contributed by atoms with Crippen molar-refractivity contribution in [3.05, 3.63) is 70.7 Å². The van der Waals surface area contributed by atoms with Crippen LogP contribution in [-0.4, -0.2) is 29.6 Å². The van der Waals surface area contributed by atoms with Crippen LogP contribution in [0.1, 0.15) is 42.9 Å². The molecule has 4 atom stereocenters. The summed E-state index contributed by atoms with van der Waals surface area (Å²) in [5.41, 5.74) is 2.34. The number of rotatable bonds is 5. The van der Waals surface area contributed by atoms with Crippen molar-refractivity contribution >= 4 is 11.6 Å². The summed E-state index contributed by atoms with van der Waals surface area (Å²) in [4.78, 5) is 2.50. The van der Waals surface area contributed by atoms with Gasteiger partial charge in [-0.3, -0.25) is 4.90 Å². The van der Waals surface area contributed by atoms with E-state index in [0.29, 0.717) is 12.1 Å². The molecule has 134 valence electrons. The molecule has 2 nitrogen and oxygen atoms in total. The van der Waals surface area contributed by atoms with Gasteiger partial charge in [0.1, 0.15) is 6.10 Å². The van der Waals surface area contributed by atoms with Crippen LogP contribution in [0.4, 0.5) is 0 Å². The van der Waals surface area contributed by atoms with Gasteiger partial charge in [0.15, 0.2) is 0 Å². The van der Waals surface area contributed by atoms with E-state index >= 15 is 0 Å². The average molecular weight is 366 g/mol. The van der Waals surface area contributed by atoms with E-state index in [-0.39, 0.29) is 12.2 Å². The molecule has 4 rings (SSSR count). The molecule has 0 radical (unpaired) electrons. The maximum absolute atomic E-state index is 6.69. The number of hydrogen-bond acceptors (Lipinski definition) is 2. The van der Waals surface area contributed by atoms with Gasteiger partial charge in [-0.2, -0.15) is 0 Å². The van der Waals surface area contributed by atoms with Gasteiger partial charge >= 0.3 is 0 Å². The maximum atomic E-state index is 6.69. The summed E-state index contributed by atoms with van der Waals surface area (Å²) in [6.45, 7) is 0.765. The summed E-state index contributed by atoms with van der Waals surface area (Å²) in [6, 6.07) is 19.6. The zero-order valence-corrected chi connectivity index (χ0v) is 15.6. The maximum Gasteiger partial charge on any atom is 0.108 e. The summed E-state index contributed by atoms with van der Waals surface area (Å²) >= 11 is 6.08. The standard InChI is InChI=1S/C23H24ClNO/c1-2-14-25-20-12-13-21(25)16-22(15-20)26-23(17-6-4-3-5-7-17)18-8-10-19(24)11-9-18/h1,3-11,20-23H,12-16H2/t20-,21+,22?,23?. The second kappa shape index (κ2) is 7.84. The second-order valence-corrected chi connectivity index (χ2v) is 7.77. The number of ether oxygens (including phenoxy) is 1. The third-order valence-electron chi connectivity index (χ3n) is 5.72. The fraction of sp³-hybridized carbons (Fsp3) is 0.391. The summed E-state index contributed by atoms with van der Waals surface area (Å²) in [5, 5.41) is 0.751. The van der Waals surface area contributed by atoms with Crippen LogP contribution >= 0.6 is 11.6 Å². The predicted molar refractivity (Wildman–Crippen MR) is 106 cm³/mol. The monoisotopic (exact) mass is 365 g/mol. The average Bonchev–Trinajstić information content (AvgIpc) is 2.90. The van der Waals surface area contributed by atoms with Gasteiger partial charge in [-0.1, -0.05) is 60.0 Å². The van der Waals surface area contributed by atoms with Crippen LogP contribution in [-0.2, 0) is 4.74 Å². The zero-order valence-electron chi connectivity index (χ0n) is 14.9. The van der Waals surface area contributed by atoms with E-state index in [1.807, 2.05) is 18.2 Å². The topological polar surface area (TPSA) is 12.5 Å². The Morgan fingerprint density at radius 1 is 1.00 bits per heavy atom. The first-order valence-electron chi connectivity index (χ1n) is 9.39. The first-order chi connectivity index (χ1) is 12.7. The number of nitrogens with zero attached hydrogens (tertiary/aromatic N) is 1. The van der Waals surface area contributed by atoms with E-state index in [4.69, 9.17) is 22.8 Å². The van der Waals surface area contributed by atoms with Crippen molar-refractivity contribution < 1.29 is 4.74 Å². The second-order valence-electron chi connectivity index (χ2n) is 7.33. The lowest BCUT2D eigenvalue weighted by atomic mass is 9.97. The Bertz CT molecular complexity index is 753. The number of piperidine rings is 1. The van der Waals surface area contributed by atoms with Crippen molar-refractivity contribution in [2.75, 3.05) is 6.54 Å². The van der Waals surface area contributed by atoms with Crippen LogP contribution in [0.25, 0.3) is 0 Å². The zero-order chi connectivity index (χ0) is 17.9. The van der Waals surface area contributed by atoms with Gasteiger partial charge in [0.2, 0.25) is 0 Å². The number of benzene rings is 2. The Morgan fingerprint density at radius 2 is 1.62 bits per heavy atom. The predicted octanol–water partition coefficient (Wildman–Crippen LogP) is 5.07. The van der Waals surface area contributed by atoms with Gasteiger partial charge in [0, 0.05) is 17.1 Å². The smallest absolute Gasteiger partial charge is 0.108 e. The van der Waals surface area contributed by atoms with Crippen molar-refractivity contribution in [2.45, 2.75) is 50.0 Å². The van der Waals surface area contributed by atoms with Gasteiger partial charge < -0.3 is 4.74 Å². The van der Waals surface area contributed by atoms with Gasteiger partial charge in [-0.15, -0.1) is 6.42 Å². The Hall–Kier alpha value is -1.79. The summed E-state index contributed by atoms with van der Waals surface area (Å²) < 4.78 is 6.69. The molecule has 2 aliphatic rings. The highest BCUT2D eigenvalue weighted by Crippen LogP contribution is 2.39. The lowest BCUT2D eigenvalue weighted by molar-refractivity contribution is -0.0453. The Labute approximate surface area is 161 Å². The minimum atomic E-state index is -0.0583. The van der Waals surface area contributed by atoms with Crippen LogP contribution in [0.3, 0.4) is 0 Å². The van der Waals surface area contributed by atoms with Crippen molar-refractivity contribution in [2.24, 2.45) is 0 Å². The molecule has 2 saturated heterocycles. The van der Waals surface area contributed by atoms with Crippen molar-refractivity contribution in [1.29, 1.82) is 0 Å².